The quantitative estimate of drug-likeness (QED) is 0.769. The molecule has 2 N–H and O–H groups in total. The molecule has 1 aliphatic rings. The van der Waals surface area contributed by atoms with Crippen molar-refractivity contribution in [2.45, 2.75) is 38.1 Å². The van der Waals surface area contributed by atoms with Crippen LogP contribution in [0, 0.1) is 0 Å². The van der Waals surface area contributed by atoms with Gasteiger partial charge in [0, 0.05) is 30.1 Å². The van der Waals surface area contributed by atoms with E-state index in [-0.39, 0.29) is 18.2 Å². The highest BCUT2D eigenvalue weighted by Crippen LogP contribution is 2.18. The third kappa shape index (κ3) is 4.96. The van der Waals surface area contributed by atoms with Crippen molar-refractivity contribution < 1.29 is 19.5 Å². The van der Waals surface area contributed by atoms with Gasteiger partial charge in [0.25, 0.3) is 5.91 Å². The fourth-order valence-corrected chi connectivity index (χ4v) is 2.90. The molecule has 1 atom stereocenters. The third-order valence-corrected chi connectivity index (χ3v) is 4.32. The van der Waals surface area contributed by atoms with Gasteiger partial charge in [-0.05, 0) is 49.9 Å². The first-order chi connectivity index (χ1) is 11.5. The molecule has 7 heteroatoms. The lowest BCUT2D eigenvalue weighted by Crippen LogP contribution is -2.48. The predicted octanol–water partition coefficient (Wildman–Crippen LogP) is 2.32. The predicted molar refractivity (Wildman–Crippen MR) is 90.0 cm³/mol. The van der Waals surface area contributed by atoms with Crippen LogP contribution >= 0.6 is 11.6 Å². The second kappa shape index (κ2) is 8.68. The highest BCUT2D eigenvalue weighted by atomic mass is 35.5. The summed E-state index contributed by atoms with van der Waals surface area (Å²) < 4.78 is 0. The van der Waals surface area contributed by atoms with Gasteiger partial charge < -0.3 is 15.3 Å². The second-order valence-electron chi connectivity index (χ2n) is 5.80. The molecule has 2 amide bonds. The fourth-order valence-electron chi connectivity index (χ4n) is 2.78. The Labute approximate surface area is 145 Å². The zero-order valence-corrected chi connectivity index (χ0v) is 14.1. The number of benzene rings is 1. The molecule has 1 aliphatic heterocycles. The first-order valence-corrected chi connectivity index (χ1v) is 8.43. The van der Waals surface area contributed by atoms with Crippen molar-refractivity contribution in [1.82, 2.24) is 10.2 Å². The molecule has 0 aliphatic carbocycles. The smallest absolute Gasteiger partial charge is 0.326 e. The summed E-state index contributed by atoms with van der Waals surface area (Å²) in [6.45, 7) is 0.853. The normalized spacial score (nSPS) is 17.4. The number of carbonyl (C=O) groups is 3. The number of hydrogen-bond donors (Lipinski definition) is 2. The number of halogens is 1. The van der Waals surface area contributed by atoms with Crippen molar-refractivity contribution in [2.75, 3.05) is 13.1 Å². The number of piperidine rings is 1. The highest BCUT2D eigenvalue weighted by Gasteiger charge is 2.31. The minimum atomic E-state index is -0.945. The van der Waals surface area contributed by atoms with Crippen LogP contribution in [0.2, 0.25) is 5.02 Å². The molecular weight excluding hydrogens is 332 g/mol. The number of aliphatic carboxylic acids is 1. The Morgan fingerprint density at radius 1 is 1.21 bits per heavy atom. The van der Waals surface area contributed by atoms with Crippen LogP contribution in [-0.4, -0.2) is 46.9 Å². The largest absolute Gasteiger partial charge is 0.480 e. The first-order valence-electron chi connectivity index (χ1n) is 8.05. The summed E-state index contributed by atoms with van der Waals surface area (Å²) in [6.07, 6.45) is 2.88. The van der Waals surface area contributed by atoms with Crippen LogP contribution < -0.4 is 5.32 Å². The van der Waals surface area contributed by atoms with Crippen LogP contribution in [0.5, 0.6) is 0 Å². The van der Waals surface area contributed by atoms with E-state index >= 15 is 0 Å². The van der Waals surface area contributed by atoms with E-state index in [1.54, 1.807) is 24.3 Å². The lowest BCUT2D eigenvalue weighted by Gasteiger charge is -2.33. The van der Waals surface area contributed by atoms with E-state index in [1.807, 2.05) is 0 Å². The van der Waals surface area contributed by atoms with Gasteiger partial charge in [-0.25, -0.2) is 4.79 Å². The molecule has 6 nitrogen and oxygen atoms in total. The molecule has 1 unspecified atom stereocenters. The van der Waals surface area contributed by atoms with Gasteiger partial charge in [0.15, 0.2) is 0 Å². The number of rotatable bonds is 6. The lowest BCUT2D eigenvalue weighted by atomic mass is 10.0. The van der Waals surface area contributed by atoms with Gasteiger partial charge in [-0.3, -0.25) is 9.59 Å². The molecule has 1 heterocycles. The van der Waals surface area contributed by atoms with Crippen molar-refractivity contribution in [2.24, 2.45) is 0 Å². The molecule has 0 spiro atoms. The molecule has 1 aromatic carbocycles. The molecule has 1 saturated heterocycles. The van der Waals surface area contributed by atoms with Gasteiger partial charge in [-0.2, -0.15) is 0 Å². The number of amides is 2. The van der Waals surface area contributed by atoms with E-state index in [0.717, 1.165) is 12.8 Å². The molecule has 0 aromatic heterocycles. The molecule has 1 fully saturated rings. The summed E-state index contributed by atoms with van der Waals surface area (Å²) in [5.41, 5.74) is 0.507. The molecule has 2 rings (SSSR count). The van der Waals surface area contributed by atoms with Crippen LogP contribution in [-0.2, 0) is 9.59 Å². The Balaban J connectivity index is 1.75. The van der Waals surface area contributed by atoms with Crippen molar-refractivity contribution in [3.63, 3.8) is 0 Å². The van der Waals surface area contributed by atoms with Crippen molar-refractivity contribution >= 4 is 29.4 Å². The summed E-state index contributed by atoms with van der Waals surface area (Å²) in [5.74, 6) is -1.33. The minimum absolute atomic E-state index is 0.164. The van der Waals surface area contributed by atoms with Crippen LogP contribution in [0.4, 0.5) is 0 Å². The molecule has 0 radical (unpaired) electrons. The maximum absolute atomic E-state index is 12.2. The zero-order valence-electron chi connectivity index (χ0n) is 13.3. The number of hydrogen-bond acceptors (Lipinski definition) is 3. The fraction of sp³-hybridized carbons (Fsp3) is 0.471. The highest BCUT2D eigenvalue weighted by molar-refractivity contribution is 6.30. The number of nitrogens with zero attached hydrogens (tertiary/aromatic N) is 1. The molecule has 130 valence electrons. The Morgan fingerprint density at radius 3 is 2.58 bits per heavy atom. The van der Waals surface area contributed by atoms with Crippen molar-refractivity contribution in [3.05, 3.63) is 34.9 Å². The van der Waals surface area contributed by atoms with Crippen LogP contribution in [0.15, 0.2) is 24.3 Å². The summed E-state index contributed by atoms with van der Waals surface area (Å²) in [5, 5.41) is 12.5. The molecule has 0 bridgehead atoms. The summed E-state index contributed by atoms with van der Waals surface area (Å²) >= 11 is 5.77. The monoisotopic (exact) mass is 352 g/mol. The number of carboxylic acids is 1. The van der Waals surface area contributed by atoms with Gasteiger partial charge in [0.2, 0.25) is 5.91 Å². The Morgan fingerprint density at radius 2 is 1.92 bits per heavy atom. The maximum atomic E-state index is 12.2. The van der Waals surface area contributed by atoms with E-state index in [9.17, 15) is 19.5 Å². The third-order valence-electron chi connectivity index (χ3n) is 4.07. The van der Waals surface area contributed by atoms with E-state index in [4.69, 9.17) is 11.6 Å². The van der Waals surface area contributed by atoms with Gasteiger partial charge in [0.05, 0.1) is 0 Å². The van der Waals surface area contributed by atoms with Crippen LogP contribution in [0.25, 0.3) is 0 Å². The average molecular weight is 353 g/mol. The molecule has 1 aromatic rings. The second-order valence-corrected chi connectivity index (χ2v) is 6.24. The average Bonchev–Trinajstić information content (AvgIpc) is 2.58. The number of carbonyl (C=O) groups excluding carboxylic acids is 2. The van der Waals surface area contributed by atoms with E-state index in [1.165, 1.54) is 4.90 Å². The van der Waals surface area contributed by atoms with E-state index in [2.05, 4.69) is 5.32 Å². The van der Waals surface area contributed by atoms with Gasteiger partial charge in [-0.1, -0.05) is 11.6 Å². The maximum Gasteiger partial charge on any atom is 0.326 e. The van der Waals surface area contributed by atoms with Crippen LogP contribution in [0.3, 0.4) is 0 Å². The van der Waals surface area contributed by atoms with Gasteiger partial charge in [0.1, 0.15) is 6.04 Å². The molecule has 0 saturated carbocycles. The van der Waals surface area contributed by atoms with Crippen LogP contribution in [0.1, 0.15) is 42.5 Å². The molecule has 24 heavy (non-hydrogen) atoms. The summed E-state index contributed by atoms with van der Waals surface area (Å²) in [4.78, 5) is 36.8. The van der Waals surface area contributed by atoms with Crippen molar-refractivity contribution in [1.29, 1.82) is 0 Å². The van der Waals surface area contributed by atoms with E-state index in [0.29, 0.717) is 36.5 Å². The number of carboxylic acid groups (broad SMARTS) is 1. The topological polar surface area (TPSA) is 86.7 Å². The van der Waals surface area contributed by atoms with Crippen molar-refractivity contribution in [3.8, 4) is 0 Å². The Kier molecular flexibility index (Phi) is 6.61. The number of nitrogens with one attached hydrogen (secondary N) is 1. The number of likely N-dealkylation sites (tertiary alicyclic amines) is 1. The minimum Gasteiger partial charge on any atom is -0.480 e. The zero-order chi connectivity index (χ0) is 17.5. The van der Waals surface area contributed by atoms with Gasteiger partial charge in [-0.15, -0.1) is 0 Å². The Bertz CT molecular complexity index is 603. The Hall–Kier alpha value is -2.08. The van der Waals surface area contributed by atoms with Gasteiger partial charge >= 0.3 is 5.97 Å². The lowest BCUT2D eigenvalue weighted by molar-refractivity contribution is -0.152. The summed E-state index contributed by atoms with van der Waals surface area (Å²) in [7, 11) is 0. The first kappa shape index (κ1) is 18.3. The standard InChI is InChI=1S/C17H21ClN2O4/c18-13-8-6-12(7-9-13)16(22)19-10-3-5-15(21)20-11-2-1-4-14(20)17(23)24/h6-9,14H,1-5,10-11H2,(H,19,22)(H,23,24). The summed E-state index contributed by atoms with van der Waals surface area (Å²) in [6, 6.07) is 5.84. The molecular formula is C17H21ClN2O4. The van der Waals surface area contributed by atoms with E-state index < -0.39 is 12.0 Å². The SMILES string of the molecule is O=C(NCCCC(=O)N1CCCCC1C(=O)O)c1ccc(Cl)cc1.